The van der Waals surface area contributed by atoms with Crippen molar-refractivity contribution in [2.24, 2.45) is 92.7 Å². The van der Waals surface area contributed by atoms with Gasteiger partial charge in [-0.05, 0) is 90.8 Å². The minimum atomic E-state index is -5.19. The van der Waals surface area contributed by atoms with Crippen molar-refractivity contribution in [3.8, 4) is 0 Å². The van der Waals surface area contributed by atoms with Gasteiger partial charge in [0.15, 0.2) is 17.8 Å². The summed E-state index contributed by atoms with van der Waals surface area (Å²) < 4.78 is 425. The van der Waals surface area contributed by atoms with Crippen molar-refractivity contribution in [1.82, 2.24) is 0 Å². The van der Waals surface area contributed by atoms with Crippen molar-refractivity contribution < 1.29 is 158 Å². The second-order valence-corrected chi connectivity index (χ2v) is 35.7. The third kappa shape index (κ3) is 105. The van der Waals surface area contributed by atoms with Crippen LogP contribution in [0.4, 0.5) is 158 Å². The molecule has 122 heavy (non-hydrogen) atoms. The zero-order valence-electron chi connectivity index (χ0n) is 79.5. The lowest BCUT2D eigenvalue weighted by molar-refractivity contribution is -0.288. The summed E-state index contributed by atoms with van der Waals surface area (Å²) in [6, 6.07) is 0. The highest BCUT2D eigenvalue weighted by atomic mass is 19.5. The fourth-order valence-electron chi connectivity index (χ4n) is 7.12. The van der Waals surface area contributed by atoms with Gasteiger partial charge in [-0.15, -0.1) is 0 Å². The Labute approximate surface area is 712 Å². The Morgan fingerprint density at radius 3 is 0.697 bits per heavy atom. The maximum atomic E-state index is 12.1. The Morgan fingerprint density at radius 2 is 0.557 bits per heavy atom. The molecule has 36 heteroatoms. The predicted molar refractivity (Wildman–Crippen MR) is 428 cm³/mol. The molecule has 0 saturated heterocycles. The van der Waals surface area contributed by atoms with Crippen molar-refractivity contribution in [3.63, 3.8) is 0 Å². The van der Waals surface area contributed by atoms with Crippen molar-refractivity contribution >= 4 is 0 Å². The molecule has 0 aromatic rings. The van der Waals surface area contributed by atoms with E-state index < -0.39 is 153 Å². The Morgan fingerprint density at radius 1 is 0.254 bits per heavy atom. The Bertz CT molecular complexity index is 2160. The number of rotatable bonds is 25. The van der Waals surface area contributed by atoms with Crippen LogP contribution in [0, 0.1) is 92.7 Å². The SMILES string of the molecule is CC(C)C(C)(C)C(F)(F)F.CC(C)C(C)C.CC(C)CC(C(F)(F)F)C(F)(F)F.CCC(C)(C)C.CCC(C)(C)C.CCC(C)CC.CCCC(C(F)(F)F)C(F)(F)F.CCCC(C)(C)C(F)(F)F.CCCCC(C(F)(F)F)C(F)(F)F.CCCCCCC(F)(F)F.CCCC[C@H](C)C(F)(F)F.CCC[C@H](C)CC(F)(F)F.CC[C@H](C)C(C)C(F)(F)F. The molecule has 0 aliphatic heterocycles. The lowest BCUT2D eigenvalue weighted by atomic mass is 9.81. The van der Waals surface area contributed by atoms with Crippen molar-refractivity contribution in [3.05, 3.63) is 0 Å². The first-order valence-electron chi connectivity index (χ1n) is 42.2. The van der Waals surface area contributed by atoms with E-state index >= 15 is 0 Å². The van der Waals surface area contributed by atoms with Gasteiger partial charge < -0.3 is 0 Å². The molecule has 0 heterocycles. The lowest BCUT2D eigenvalue weighted by Crippen LogP contribution is -2.37. The normalized spacial score (nSPS) is 13.9. The fraction of sp³-hybridized carbons (Fsp3) is 1.00. The van der Waals surface area contributed by atoms with Crippen LogP contribution in [0.15, 0.2) is 0 Å². The van der Waals surface area contributed by atoms with Crippen molar-refractivity contribution in [2.45, 2.75) is 464 Å². The summed E-state index contributed by atoms with van der Waals surface area (Å²) in [5.74, 6) is -10.7. The number of halogens is 36. The van der Waals surface area contributed by atoms with Gasteiger partial charge in [-0.25, -0.2) is 0 Å². The smallest absolute Gasteiger partial charge is 0.171 e. The Balaban J connectivity index is -0.0000000966. The van der Waals surface area contributed by atoms with Gasteiger partial charge in [-0.1, -0.05) is 338 Å². The van der Waals surface area contributed by atoms with Crippen LogP contribution in [-0.4, -0.2) is 74.1 Å². The third-order valence-electron chi connectivity index (χ3n) is 19.4. The van der Waals surface area contributed by atoms with Gasteiger partial charge in [0.2, 0.25) is 0 Å². The highest BCUT2D eigenvalue weighted by Gasteiger charge is 2.58. The number of hydrogen-bond donors (Lipinski definition) is 0. The fourth-order valence-corrected chi connectivity index (χ4v) is 7.12. The molecule has 1 unspecified atom stereocenters. The molecule has 0 rings (SSSR count). The molecule has 0 bridgehead atoms. The van der Waals surface area contributed by atoms with Crippen LogP contribution in [0.25, 0.3) is 0 Å². The second kappa shape index (κ2) is 69.4. The van der Waals surface area contributed by atoms with E-state index in [9.17, 15) is 158 Å². The van der Waals surface area contributed by atoms with Crippen molar-refractivity contribution in [2.75, 3.05) is 0 Å². The van der Waals surface area contributed by atoms with Gasteiger partial charge in [0.25, 0.3) is 0 Å². The van der Waals surface area contributed by atoms with Crippen LogP contribution in [-0.2, 0) is 0 Å². The zero-order valence-corrected chi connectivity index (χ0v) is 79.5. The van der Waals surface area contributed by atoms with Crippen LogP contribution in [0.2, 0.25) is 0 Å². The van der Waals surface area contributed by atoms with E-state index in [1.54, 1.807) is 48.5 Å². The molecular formula is C86H162F36. The molecule has 0 spiro atoms. The van der Waals surface area contributed by atoms with E-state index in [0.29, 0.717) is 49.4 Å². The Kier molecular flexibility index (Phi) is 84.2. The molecule has 0 nitrogen and oxygen atoms in total. The second-order valence-electron chi connectivity index (χ2n) is 35.7. The van der Waals surface area contributed by atoms with Crippen LogP contribution in [0.5, 0.6) is 0 Å². The monoisotopic (exact) mass is 1880 g/mol. The number of unbranched alkanes of at least 4 members (excludes halogenated alkanes) is 5. The molecule has 0 saturated carbocycles. The minimum absolute atomic E-state index is 0.0658. The average Bonchev–Trinajstić information content (AvgIpc) is 0.849. The quantitative estimate of drug-likeness (QED) is 0.0631. The lowest BCUT2D eigenvalue weighted by Gasteiger charge is -2.31. The van der Waals surface area contributed by atoms with Crippen LogP contribution in [0.1, 0.15) is 390 Å². The molecule has 0 radical (unpaired) electrons. The number of alkyl halides is 36. The highest BCUT2D eigenvalue weighted by molar-refractivity contribution is 4.81. The van der Waals surface area contributed by atoms with Crippen LogP contribution < -0.4 is 0 Å². The van der Waals surface area contributed by atoms with Gasteiger partial charge in [0.05, 0.1) is 22.7 Å². The topological polar surface area (TPSA) is 0 Å². The summed E-state index contributed by atoms with van der Waals surface area (Å²) >= 11 is 0. The summed E-state index contributed by atoms with van der Waals surface area (Å²) in [7, 11) is 0. The average molecular weight is 1880 g/mol. The summed E-state index contributed by atoms with van der Waals surface area (Å²) in [5.41, 5.74) is -1.99. The van der Waals surface area contributed by atoms with Crippen LogP contribution in [0.3, 0.4) is 0 Å². The molecule has 0 aliphatic rings. The summed E-state index contributed by atoms with van der Waals surface area (Å²) in [4.78, 5) is 0. The summed E-state index contributed by atoms with van der Waals surface area (Å²) in [5, 5.41) is 0. The molecule has 0 aromatic carbocycles. The molecular weight excluding hydrogens is 1720 g/mol. The van der Waals surface area contributed by atoms with Gasteiger partial charge in [0.1, 0.15) is 0 Å². The summed E-state index contributed by atoms with van der Waals surface area (Å²) in [6.45, 7) is 62.1. The minimum Gasteiger partial charge on any atom is -0.171 e. The van der Waals surface area contributed by atoms with E-state index in [4.69, 9.17) is 0 Å². The van der Waals surface area contributed by atoms with E-state index in [1.807, 2.05) is 20.8 Å². The van der Waals surface area contributed by atoms with Gasteiger partial charge in [-0.3, -0.25) is 0 Å². The zero-order chi connectivity index (χ0) is 102. The first kappa shape index (κ1) is 148. The highest BCUT2D eigenvalue weighted by Crippen LogP contribution is 2.47. The van der Waals surface area contributed by atoms with E-state index in [-0.39, 0.29) is 49.9 Å². The molecule has 0 aromatic heterocycles. The predicted octanol–water partition coefficient (Wildman–Crippen LogP) is 40.9. The molecule has 0 N–H and O–H groups in total. The maximum Gasteiger partial charge on any atom is 0.400 e. The van der Waals surface area contributed by atoms with E-state index in [1.165, 1.54) is 88.0 Å². The van der Waals surface area contributed by atoms with E-state index in [0.717, 1.165) is 43.4 Å². The van der Waals surface area contributed by atoms with Crippen molar-refractivity contribution in [1.29, 1.82) is 0 Å². The number of hydrogen-bond acceptors (Lipinski definition) is 0. The Hall–Kier alpha value is -2.52. The van der Waals surface area contributed by atoms with Crippen LogP contribution >= 0.6 is 0 Å². The van der Waals surface area contributed by atoms with Gasteiger partial charge >= 0.3 is 74.1 Å². The first-order chi connectivity index (χ1) is 53.4. The third-order valence-corrected chi connectivity index (χ3v) is 19.4. The van der Waals surface area contributed by atoms with Gasteiger partial charge in [-0.2, -0.15) is 158 Å². The summed E-state index contributed by atoms with van der Waals surface area (Å²) in [6.07, 6.45) is -46.2. The maximum absolute atomic E-state index is 12.1. The molecule has 0 amide bonds. The van der Waals surface area contributed by atoms with Gasteiger partial charge in [0, 0.05) is 12.8 Å². The van der Waals surface area contributed by atoms with E-state index in [2.05, 4.69) is 104 Å². The molecule has 0 fully saturated rings. The molecule has 758 valence electrons. The first-order valence-corrected chi connectivity index (χ1v) is 42.2. The molecule has 4 atom stereocenters. The molecule has 0 aliphatic carbocycles. The largest absolute Gasteiger partial charge is 0.400 e. The standard InChI is InChI=1S/2C7H10F6.6C7H13F3.C6H8F6.4C6H14/c1-4(2)3-5(6(8,9)10)7(11,12)13;1-2-3-4-5(6(8,9)10)7(11,12)13;1-5(2)6(3,4)7(8,9)10;1-4-5-6(2,3)7(8,9)10;1-4-5(2)6(3)7(8,9)10;1-3-4-6(2)5-7(8,9)10;1-3-4-5-6(2)7(8,9)10;1-2-3-4-5-6-7(8,9)10;1-2-3-4(5(7,8)9)6(10,11)12;2*1-5-6(2,3)4;1-5(2)6(3)4;1-4-6(3)5-2/h4-5H,3H2,1-2H3;5H,2-4H2,1H3;5H,1-4H3;4-5H2,1-3H3;5-6H,4H2,1-3H3;2*6H,3-5H2,1-2H3;2-6H2,1H3;4H,2-3H2,1H3;2*5H2,1-4H3;5-6H,1-4H3;6H,4-5H2,1-3H3/t;;;;5-,6?;2*6-;;;;;;/m....000....../s1.